The number of halogens is 2. The first-order valence-electron chi connectivity index (χ1n) is 5.60. The lowest BCUT2D eigenvalue weighted by Crippen LogP contribution is -1.93. The molecule has 0 aliphatic heterocycles. The maximum absolute atomic E-state index is 10.7. The summed E-state index contributed by atoms with van der Waals surface area (Å²) in [6.45, 7) is 1.80. The van der Waals surface area contributed by atoms with Gasteiger partial charge in [-0.3, -0.25) is 10.1 Å². The van der Waals surface area contributed by atoms with Gasteiger partial charge in [0.15, 0.2) is 0 Å². The van der Waals surface area contributed by atoms with Gasteiger partial charge in [0.25, 0.3) is 5.69 Å². The topological polar surface area (TPSA) is 55.2 Å². The van der Waals surface area contributed by atoms with Crippen molar-refractivity contribution in [2.75, 3.05) is 4.72 Å². The van der Waals surface area contributed by atoms with Crippen LogP contribution in [-0.4, -0.2) is 4.92 Å². The Morgan fingerprint density at radius 1 is 1.20 bits per heavy atom. The van der Waals surface area contributed by atoms with Gasteiger partial charge in [-0.15, -0.1) is 0 Å². The number of nitrogens with one attached hydrogen (secondary N) is 1. The average Bonchev–Trinajstić information content (AvgIpc) is 2.40. The maximum Gasteiger partial charge on any atom is 0.269 e. The lowest BCUT2D eigenvalue weighted by atomic mass is 10.2. The van der Waals surface area contributed by atoms with E-state index in [1.807, 2.05) is 0 Å². The van der Waals surface area contributed by atoms with E-state index in [9.17, 15) is 10.1 Å². The molecule has 0 aliphatic carbocycles. The standard InChI is InChI=1S/C13H10Cl2N2O2S/c1-8-6-10(17(18)19)3-5-12(8)16-20-13-7-9(14)2-4-11(13)15/h2-7,16H,1H3. The van der Waals surface area contributed by atoms with Crippen molar-refractivity contribution in [2.24, 2.45) is 0 Å². The predicted octanol–water partition coefficient (Wildman–Crippen LogP) is 5.33. The summed E-state index contributed by atoms with van der Waals surface area (Å²) in [5.41, 5.74) is 1.64. The smallest absolute Gasteiger partial charge is 0.269 e. The number of hydrogen-bond acceptors (Lipinski definition) is 4. The molecule has 0 unspecified atom stereocenters. The summed E-state index contributed by atoms with van der Waals surface area (Å²) in [6.07, 6.45) is 0. The normalized spacial score (nSPS) is 10.3. The highest BCUT2D eigenvalue weighted by atomic mass is 35.5. The molecule has 0 bridgehead atoms. The van der Waals surface area contributed by atoms with Crippen molar-refractivity contribution in [1.82, 2.24) is 0 Å². The minimum absolute atomic E-state index is 0.0684. The van der Waals surface area contributed by atoms with E-state index < -0.39 is 4.92 Å². The third-order valence-electron chi connectivity index (χ3n) is 2.59. The maximum atomic E-state index is 10.7. The number of non-ortho nitro benzene ring substituents is 1. The van der Waals surface area contributed by atoms with E-state index in [2.05, 4.69) is 4.72 Å². The Bertz CT molecular complexity index is 665. The molecule has 2 aromatic carbocycles. The lowest BCUT2D eigenvalue weighted by molar-refractivity contribution is -0.384. The van der Waals surface area contributed by atoms with Crippen LogP contribution in [0.5, 0.6) is 0 Å². The first kappa shape index (κ1) is 15.0. The van der Waals surface area contributed by atoms with Crippen LogP contribution in [-0.2, 0) is 0 Å². The molecule has 0 heterocycles. The monoisotopic (exact) mass is 328 g/mol. The third kappa shape index (κ3) is 3.56. The summed E-state index contributed by atoms with van der Waals surface area (Å²) in [7, 11) is 0. The summed E-state index contributed by atoms with van der Waals surface area (Å²) < 4.78 is 3.11. The minimum Gasteiger partial charge on any atom is -0.325 e. The Balaban J connectivity index is 2.15. The molecular weight excluding hydrogens is 319 g/mol. The molecule has 0 fully saturated rings. The highest BCUT2D eigenvalue weighted by Gasteiger charge is 2.09. The van der Waals surface area contributed by atoms with E-state index in [0.717, 1.165) is 16.1 Å². The van der Waals surface area contributed by atoms with Crippen molar-refractivity contribution in [3.05, 3.63) is 62.1 Å². The van der Waals surface area contributed by atoms with Crippen LogP contribution in [0.3, 0.4) is 0 Å². The first-order chi connectivity index (χ1) is 9.47. The van der Waals surface area contributed by atoms with Crippen molar-refractivity contribution in [3.63, 3.8) is 0 Å². The molecule has 1 N–H and O–H groups in total. The van der Waals surface area contributed by atoms with Crippen LogP contribution in [0, 0.1) is 17.0 Å². The van der Waals surface area contributed by atoms with Crippen LogP contribution in [0.4, 0.5) is 11.4 Å². The van der Waals surface area contributed by atoms with E-state index in [1.165, 1.54) is 24.1 Å². The summed E-state index contributed by atoms with van der Waals surface area (Å²) in [4.78, 5) is 11.0. The molecule has 2 rings (SSSR count). The number of nitro benzene ring substituents is 1. The van der Waals surface area contributed by atoms with E-state index in [0.29, 0.717) is 10.0 Å². The molecule has 20 heavy (non-hydrogen) atoms. The fourth-order valence-electron chi connectivity index (χ4n) is 1.54. The molecule has 0 aromatic heterocycles. The molecule has 0 saturated heterocycles. The van der Waals surface area contributed by atoms with Crippen LogP contribution >= 0.6 is 35.1 Å². The predicted molar refractivity (Wildman–Crippen MR) is 83.8 cm³/mol. The Morgan fingerprint density at radius 3 is 2.60 bits per heavy atom. The number of rotatable bonds is 4. The number of aryl methyl sites for hydroxylation is 1. The Labute approximate surface area is 130 Å². The highest BCUT2D eigenvalue weighted by molar-refractivity contribution is 8.00. The van der Waals surface area contributed by atoms with Gasteiger partial charge in [0.2, 0.25) is 0 Å². The zero-order valence-electron chi connectivity index (χ0n) is 10.4. The summed E-state index contributed by atoms with van der Waals surface area (Å²) >= 11 is 13.3. The van der Waals surface area contributed by atoms with Gasteiger partial charge in [-0.2, -0.15) is 0 Å². The molecule has 7 heteroatoms. The molecule has 0 radical (unpaired) electrons. The number of hydrogen-bond donors (Lipinski definition) is 1. The first-order valence-corrected chi connectivity index (χ1v) is 7.17. The van der Waals surface area contributed by atoms with Crippen LogP contribution in [0.25, 0.3) is 0 Å². The van der Waals surface area contributed by atoms with Crippen molar-refractivity contribution in [3.8, 4) is 0 Å². The van der Waals surface area contributed by atoms with Crippen LogP contribution in [0.2, 0.25) is 10.0 Å². The Kier molecular flexibility index (Phi) is 4.75. The van der Waals surface area contributed by atoms with Crippen molar-refractivity contribution >= 4 is 46.5 Å². The van der Waals surface area contributed by atoms with E-state index in [-0.39, 0.29) is 5.69 Å². The van der Waals surface area contributed by atoms with E-state index >= 15 is 0 Å². The van der Waals surface area contributed by atoms with Gasteiger partial charge in [0.1, 0.15) is 0 Å². The third-order valence-corrected chi connectivity index (χ3v) is 4.14. The zero-order valence-corrected chi connectivity index (χ0v) is 12.7. The largest absolute Gasteiger partial charge is 0.325 e. The summed E-state index contributed by atoms with van der Waals surface area (Å²) in [6, 6.07) is 9.82. The molecule has 0 amide bonds. The van der Waals surface area contributed by atoms with E-state index in [1.54, 1.807) is 31.2 Å². The molecule has 0 spiro atoms. The number of nitrogens with zero attached hydrogens (tertiary/aromatic N) is 1. The van der Waals surface area contributed by atoms with Crippen molar-refractivity contribution < 1.29 is 4.92 Å². The van der Waals surface area contributed by atoms with Crippen LogP contribution < -0.4 is 4.72 Å². The Morgan fingerprint density at radius 2 is 1.95 bits per heavy atom. The molecule has 2 aromatic rings. The lowest BCUT2D eigenvalue weighted by Gasteiger charge is -2.09. The van der Waals surface area contributed by atoms with Gasteiger partial charge in [0.05, 0.1) is 9.95 Å². The van der Waals surface area contributed by atoms with Gasteiger partial charge in [-0.05, 0) is 48.7 Å². The van der Waals surface area contributed by atoms with Gasteiger partial charge in [0, 0.05) is 27.7 Å². The SMILES string of the molecule is Cc1cc([N+](=O)[O-])ccc1NSc1cc(Cl)ccc1Cl. The summed E-state index contributed by atoms with van der Waals surface area (Å²) in [5.74, 6) is 0. The Hall–Kier alpha value is -1.43. The molecule has 0 aliphatic rings. The highest BCUT2D eigenvalue weighted by Crippen LogP contribution is 2.32. The van der Waals surface area contributed by atoms with Gasteiger partial charge < -0.3 is 4.72 Å². The second-order valence-electron chi connectivity index (χ2n) is 4.04. The van der Waals surface area contributed by atoms with Crippen molar-refractivity contribution in [1.29, 1.82) is 0 Å². The van der Waals surface area contributed by atoms with Crippen LogP contribution in [0.1, 0.15) is 5.56 Å². The second-order valence-corrected chi connectivity index (χ2v) is 5.73. The fourth-order valence-corrected chi connectivity index (χ4v) is 2.81. The molecule has 0 saturated carbocycles. The summed E-state index contributed by atoms with van der Waals surface area (Å²) in [5, 5.41) is 11.9. The molecule has 104 valence electrons. The number of anilines is 1. The average molecular weight is 329 g/mol. The quantitative estimate of drug-likeness (QED) is 0.468. The molecular formula is C13H10Cl2N2O2S. The van der Waals surface area contributed by atoms with Crippen molar-refractivity contribution in [2.45, 2.75) is 11.8 Å². The van der Waals surface area contributed by atoms with Gasteiger partial charge in [-0.25, -0.2) is 0 Å². The number of nitro groups is 1. The van der Waals surface area contributed by atoms with Gasteiger partial charge >= 0.3 is 0 Å². The van der Waals surface area contributed by atoms with E-state index in [4.69, 9.17) is 23.2 Å². The number of benzene rings is 2. The second kappa shape index (κ2) is 6.35. The fraction of sp³-hybridized carbons (Fsp3) is 0.0769. The molecule has 4 nitrogen and oxygen atoms in total. The minimum atomic E-state index is -0.419. The zero-order chi connectivity index (χ0) is 14.7. The molecule has 0 atom stereocenters. The van der Waals surface area contributed by atoms with Gasteiger partial charge in [-0.1, -0.05) is 23.2 Å². The van der Waals surface area contributed by atoms with Crippen LogP contribution in [0.15, 0.2) is 41.3 Å².